The van der Waals surface area contributed by atoms with Crippen LogP contribution in [-0.2, 0) is 30.5 Å². The number of benzene rings is 1. The van der Waals surface area contributed by atoms with Gasteiger partial charge in [-0.3, -0.25) is 9.48 Å². The molecule has 5 rings (SSSR count). The molecule has 0 radical (unpaired) electrons. The molecule has 0 bridgehead atoms. The van der Waals surface area contributed by atoms with Gasteiger partial charge in [-0.15, -0.1) is 0 Å². The predicted molar refractivity (Wildman–Crippen MR) is 123 cm³/mol. The molecule has 1 amide bonds. The van der Waals surface area contributed by atoms with E-state index in [1.54, 1.807) is 17.0 Å². The second kappa shape index (κ2) is 9.91. The summed E-state index contributed by atoms with van der Waals surface area (Å²) in [5, 5.41) is 3.89. The number of nitrogens with zero attached hydrogens (tertiary/aromatic N) is 4. The molecule has 0 spiro atoms. The van der Waals surface area contributed by atoms with Gasteiger partial charge in [-0.1, -0.05) is 12.1 Å². The van der Waals surface area contributed by atoms with Gasteiger partial charge in [0.1, 0.15) is 5.82 Å². The van der Waals surface area contributed by atoms with E-state index in [0.717, 1.165) is 25.7 Å². The summed E-state index contributed by atoms with van der Waals surface area (Å²) >= 11 is 0. The van der Waals surface area contributed by atoms with Crippen LogP contribution in [0.2, 0.25) is 0 Å². The molecule has 1 aliphatic carbocycles. The Kier molecular flexibility index (Phi) is 6.88. The molecule has 190 valence electrons. The van der Waals surface area contributed by atoms with Crippen LogP contribution < -0.4 is 0 Å². The van der Waals surface area contributed by atoms with Crippen molar-refractivity contribution >= 4 is 5.91 Å². The molecular weight excluding hydrogens is 460 g/mol. The van der Waals surface area contributed by atoms with Gasteiger partial charge in [-0.05, 0) is 81.6 Å². The SMILES string of the molecule is O=C(CC1CCC(N2CCCC2)CC1)N1CCc2c(C(F)(F)F)nn(Cc3ccc(F)cc3)c2C1. The second-order valence-electron chi connectivity index (χ2n) is 10.2. The number of hydrogen-bond acceptors (Lipinski definition) is 3. The fraction of sp³-hybridized carbons (Fsp3) is 0.615. The Bertz CT molecular complexity index is 1030. The van der Waals surface area contributed by atoms with Crippen LogP contribution in [0.25, 0.3) is 0 Å². The van der Waals surface area contributed by atoms with Crippen LogP contribution in [0.4, 0.5) is 17.6 Å². The highest BCUT2D eigenvalue weighted by Crippen LogP contribution is 2.36. The van der Waals surface area contributed by atoms with Crippen LogP contribution >= 0.6 is 0 Å². The Hall–Kier alpha value is -2.42. The largest absolute Gasteiger partial charge is 0.435 e. The maximum Gasteiger partial charge on any atom is 0.435 e. The average molecular weight is 493 g/mol. The van der Waals surface area contributed by atoms with Crippen molar-refractivity contribution in [2.45, 2.75) is 76.7 Å². The fourth-order valence-corrected chi connectivity index (χ4v) is 6.01. The summed E-state index contributed by atoms with van der Waals surface area (Å²) in [6.45, 7) is 2.88. The number of hydrogen-bond donors (Lipinski definition) is 0. The van der Waals surface area contributed by atoms with Crippen LogP contribution in [0, 0.1) is 11.7 Å². The summed E-state index contributed by atoms with van der Waals surface area (Å²) in [7, 11) is 0. The van der Waals surface area contributed by atoms with Gasteiger partial charge < -0.3 is 9.80 Å². The van der Waals surface area contributed by atoms with Gasteiger partial charge in [0.05, 0.1) is 18.8 Å². The van der Waals surface area contributed by atoms with E-state index >= 15 is 0 Å². The van der Waals surface area contributed by atoms with E-state index < -0.39 is 17.7 Å². The first-order chi connectivity index (χ1) is 16.8. The monoisotopic (exact) mass is 492 g/mol. The van der Waals surface area contributed by atoms with Crippen molar-refractivity contribution in [3.05, 3.63) is 52.6 Å². The zero-order valence-corrected chi connectivity index (χ0v) is 19.9. The zero-order valence-electron chi connectivity index (χ0n) is 19.9. The second-order valence-corrected chi connectivity index (χ2v) is 10.2. The molecule has 0 atom stereocenters. The first-order valence-electron chi connectivity index (χ1n) is 12.7. The van der Waals surface area contributed by atoms with E-state index in [-0.39, 0.29) is 37.5 Å². The Morgan fingerprint density at radius 1 is 1.00 bits per heavy atom. The van der Waals surface area contributed by atoms with Gasteiger partial charge in [-0.2, -0.15) is 18.3 Å². The molecule has 1 saturated heterocycles. The normalized spacial score (nSPS) is 23.5. The summed E-state index contributed by atoms with van der Waals surface area (Å²) in [5.74, 6) is -0.0422. The minimum Gasteiger partial charge on any atom is -0.336 e. The number of halogens is 4. The van der Waals surface area contributed by atoms with Gasteiger partial charge >= 0.3 is 6.18 Å². The van der Waals surface area contributed by atoms with Crippen molar-refractivity contribution in [3.8, 4) is 0 Å². The molecule has 2 aliphatic heterocycles. The van der Waals surface area contributed by atoms with Crippen molar-refractivity contribution in [1.29, 1.82) is 0 Å². The van der Waals surface area contributed by atoms with Gasteiger partial charge in [0.15, 0.2) is 5.69 Å². The molecule has 1 aromatic heterocycles. The van der Waals surface area contributed by atoms with Gasteiger partial charge in [0, 0.05) is 24.6 Å². The van der Waals surface area contributed by atoms with Crippen molar-refractivity contribution in [2.75, 3.05) is 19.6 Å². The average Bonchev–Trinajstić information content (AvgIpc) is 3.49. The van der Waals surface area contributed by atoms with Crippen LogP contribution in [-0.4, -0.2) is 51.2 Å². The Labute approximate surface area is 203 Å². The lowest BCUT2D eigenvalue weighted by Crippen LogP contribution is -2.39. The first kappa shape index (κ1) is 24.3. The molecule has 3 heterocycles. The van der Waals surface area contributed by atoms with E-state index in [1.807, 2.05) is 0 Å². The van der Waals surface area contributed by atoms with Gasteiger partial charge in [0.25, 0.3) is 0 Å². The molecule has 1 aromatic carbocycles. The highest BCUT2D eigenvalue weighted by molar-refractivity contribution is 5.76. The van der Waals surface area contributed by atoms with Crippen molar-refractivity contribution in [3.63, 3.8) is 0 Å². The Morgan fingerprint density at radius 2 is 1.69 bits per heavy atom. The van der Waals surface area contributed by atoms with Crippen molar-refractivity contribution in [2.24, 2.45) is 5.92 Å². The van der Waals surface area contributed by atoms with E-state index in [0.29, 0.717) is 29.6 Å². The number of carbonyl (C=O) groups is 1. The Morgan fingerprint density at radius 3 is 2.34 bits per heavy atom. The Balaban J connectivity index is 1.26. The number of amides is 1. The van der Waals surface area contributed by atoms with Crippen molar-refractivity contribution in [1.82, 2.24) is 19.6 Å². The van der Waals surface area contributed by atoms with E-state index in [1.165, 1.54) is 42.7 Å². The summed E-state index contributed by atoms with van der Waals surface area (Å²) in [6.07, 6.45) is 2.92. The van der Waals surface area contributed by atoms with E-state index in [9.17, 15) is 22.4 Å². The predicted octanol–water partition coefficient (Wildman–Crippen LogP) is 5.02. The lowest BCUT2D eigenvalue weighted by atomic mass is 9.83. The summed E-state index contributed by atoms with van der Waals surface area (Å²) in [6, 6.07) is 6.29. The number of aromatic nitrogens is 2. The zero-order chi connectivity index (χ0) is 24.6. The third-order valence-electron chi connectivity index (χ3n) is 7.94. The van der Waals surface area contributed by atoms with Gasteiger partial charge in [-0.25, -0.2) is 4.39 Å². The summed E-state index contributed by atoms with van der Waals surface area (Å²) < 4.78 is 55.7. The number of alkyl halides is 3. The smallest absolute Gasteiger partial charge is 0.336 e. The number of carbonyl (C=O) groups excluding carboxylic acids is 1. The van der Waals surface area contributed by atoms with E-state index in [2.05, 4.69) is 10.00 Å². The summed E-state index contributed by atoms with van der Waals surface area (Å²) in [5.41, 5.74) is 0.388. The van der Waals surface area contributed by atoms with Crippen LogP contribution in [0.15, 0.2) is 24.3 Å². The lowest BCUT2D eigenvalue weighted by molar-refractivity contribution is -0.142. The summed E-state index contributed by atoms with van der Waals surface area (Å²) in [4.78, 5) is 17.4. The van der Waals surface area contributed by atoms with E-state index in [4.69, 9.17) is 0 Å². The highest BCUT2D eigenvalue weighted by atomic mass is 19.4. The number of fused-ring (bicyclic) bond motifs is 1. The minimum atomic E-state index is -4.56. The highest BCUT2D eigenvalue weighted by Gasteiger charge is 2.41. The molecule has 0 unspecified atom stereocenters. The molecule has 2 fully saturated rings. The maximum atomic E-state index is 13.7. The fourth-order valence-electron chi connectivity index (χ4n) is 6.01. The minimum absolute atomic E-state index is 0.0170. The molecule has 9 heteroatoms. The lowest BCUT2D eigenvalue weighted by Gasteiger charge is -2.35. The van der Waals surface area contributed by atoms with Crippen LogP contribution in [0.1, 0.15) is 67.5 Å². The molecule has 1 saturated carbocycles. The maximum absolute atomic E-state index is 13.7. The molecule has 2 aromatic rings. The van der Waals surface area contributed by atoms with Crippen LogP contribution in [0.3, 0.4) is 0 Å². The topological polar surface area (TPSA) is 41.4 Å². The van der Waals surface area contributed by atoms with Crippen LogP contribution in [0.5, 0.6) is 0 Å². The van der Waals surface area contributed by atoms with Crippen molar-refractivity contribution < 1.29 is 22.4 Å². The molecule has 3 aliphatic rings. The molecular formula is C26H32F4N4O. The molecule has 0 N–H and O–H groups in total. The number of likely N-dealkylation sites (tertiary alicyclic amines) is 1. The number of rotatable bonds is 5. The molecule has 5 nitrogen and oxygen atoms in total. The third-order valence-corrected chi connectivity index (χ3v) is 7.94. The standard InChI is InChI=1S/C26H32F4N4O/c27-20-7-3-19(4-8-20)16-34-23-17-33(14-11-22(23)25(31-34)26(28,29)30)24(35)15-18-5-9-21(10-6-18)32-12-1-2-13-32/h3-4,7-8,18,21H,1-2,5-6,9-17H2. The third kappa shape index (κ3) is 5.39. The molecule has 35 heavy (non-hydrogen) atoms. The first-order valence-corrected chi connectivity index (χ1v) is 12.7. The quantitative estimate of drug-likeness (QED) is 0.551. The van der Waals surface area contributed by atoms with Gasteiger partial charge in [0.2, 0.25) is 5.91 Å².